The number of ketones is 1. The zero-order valence-corrected chi connectivity index (χ0v) is 24.2. The zero-order chi connectivity index (χ0) is 25.1. The number of rotatable bonds is 5. The van der Waals surface area contributed by atoms with Gasteiger partial charge in [0.05, 0.1) is 0 Å². The fourth-order valence-corrected chi connectivity index (χ4v) is 9.90. The van der Waals surface area contributed by atoms with Gasteiger partial charge in [-0.05, 0) is 117 Å². The van der Waals surface area contributed by atoms with Crippen LogP contribution in [0.2, 0.25) is 18.1 Å². The quantitative estimate of drug-likeness (QED) is 0.303. The van der Waals surface area contributed by atoms with Gasteiger partial charge >= 0.3 is 5.97 Å². The van der Waals surface area contributed by atoms with Crippen LogP contribution in [0.4, 0.5) is 0 Å². The van der Waals surface area contributed by atoms with Crippen LogP contribution >= 0.6 is 0 Å². The van der Waals surface area contributed by atoms with Gasteiger partial charge in [0.15, 0.2) is 8.32 Å². The van der Waals surface area contributed by atoms with Crippen LogP contribution in [0.3, 0.4) is 0 Å². The number of esters is 1. The molecule has 0 saturated heterocycles. The Morgan fingerprint density at radius 1 is 0.941 bits per heavy atom. The highest BCUT2D eigenvalue weighted by molar-refractivity contribution is 6.74. The summed E-state index contributed by atoms with van der Waals surface area (Å²) in [5.74, 6) is 3.18. The summed E-state index contributed by atoms with van der Waals surface area (Å²) < 4.78 is 12.8. The number of hydrogen-bond donors (Lipinski definition) is 0. The summed E-state index contributed by atoms with van der Waals surface area (Å²) in [5, 5.41) is 0.202. The maximum atomic E-state index is 12.5. The van der Waals surface area contributed by atoms with Crippen molar-refractivity contribution in [2.45, 2.75) is 124 Å². The molecule has 5 heteroatoms. The second-order valence-corrected chi connectivity index (χ2v) is 19.0. The van der Waals surface area contributed by atoms with E-state index in [2.05, 4.69) is 40.8 Å². The van der Waals surface area contributed by atoms with Gasteiger partial charge in [-0.1, -0.05) is 27.7 Å². The molecule has 0 unspecified atom stereocenters. The summed E-state index contributed by atoms with van der Waals surface area (Å²) in [5.41, 5.74) is 0.390. The first-order valence-corrected chi connectivity index (χ1v) is 16.9. The van der Waals surface area contributed by atoms with Gasteiger partial charge in [0.25, 0.3) is 0 Å². The predicted octanol–water partition coefficient (Wildman–Crippen LogP) is 7.17. The normalized spacial score (nSPS) is 42.4. The minimum absolute atomic E-state index is 0.0717. The zero-order valence-electron chi connectivity index (χ0n) is 23.2. The molecular formula is C29H50O4Si. The van der Waals surface area contributed by atoms with Crippen molar-refractivity contribution >= 4 is 20.1 Å². The maximum Gasteiger partial charge on any atom is 0.302 e. The number of carbonyl (C=O) groups excluding carboxylic acids is 2. The second kappa shape index (κ2) is 9.01. The molecule has 0 N–H and O–H groups in total. The molecule has 0 bridgehead atoms. The highest BCUT2D eigenvalue weighted by Crippen LogP contribution is 2.68. The Labute approximate surface area is 209 Å². The summed E-state index contributed by atoms with van der Waals surface area (Å²) in [7, 11) is -1.87. The van der Waals surface area contributed by atoms with Crippen LogP contribution < -0.4 is 0 Å². The minimum Gasteiger partial charge on any atom is -0.463 e. The van der Waals surface area contributed by atoms with Crippen LogP contribution in [0.5, 0.6) is 0 Å². The van der Waals surface area contributed by atoms with Gasteiger partial charge in [0.2, 0.25) is 0 Å². The van der Waals surface area contributed by atoms with Crippen molar-refractivity contribution in [3.05, 3.63) is 0 Å². The molecule has 4 fully saturated rings. The molecule has 0 radical (unpaired) electrons. The Morgan fingerprint density at radius 3 is 2.26 bits per heavy atom. The van der Waals surface area contributed by atoms with E-state index in [1.54, 1.807) is 6.92 Å². The van der Waals surface area contributed by atoms with Crippen molar-refractivity contribution in [2.75, 3.05) is 6.61 Å². The summed E-state index contributed by atoms with van der Waals surface area (Å²) >= 11 is 0. The number of fused-ring (bicyclic) bond motifs is 5. The fraction of sp³-hybridized carbons (Fsp3) is 0.931. The molecule has 4 aliphatic rings. The predicted molar refractivity (Wildman–Crippen MR) is 139 cm³/mol. The third-order valence-corrected chi connectivity index (χ3v) is 16.1. The standard InChI is InChI=1S/C29H50O4Si/c1-19(30)24-11-12-25-23-10-9-21-17-22(33-20(2)31)13-16-29(21,26(23)14-15-28(24,25)6)18-32-34(7,8)27(3,4)5/h21-26H,9-18H2,1-8H3/t21-,22-,23-,24+,25-,26-,28+,29+/m0/s1. The Balaban J connectivity index is 1.63. The number of carbonyl (C=O) groups is 2. The third-order valence-electron chi connectivity index (χ3n) is 11.6. The van der Waals surface area contributed by atoms with Gasteiger partial charge in [0, 0.05) is 19.4 Å². The molecule has 0 amide bonds. The van der Waals surface area contributed by atoms with Crippen LogP contribution in [0.15, 0.2) is 0 Å². The minimum atomic E-state index is -1.87. The molecule has 34 heavy (non-hydrogen) atoms. The maximum absolute atomic E-state index is 12.5. The van der Waals surface area contributed by atoms with Gasteiger partial charge < -0.3 is 9.16 Å². The first kappa shape index (κ1) is 26.4. The molecule has 0 heterocycles. The van der Waals surface area contributed by atoms with Crippen molar-refractivity contribution in [3.8, 4) is 0 Å². The Morgan fingerprint density at radius 2 is 1.65 bits per heavy atom. The molecule has 0 aromatic heterocycles. The highest BCUT2D eigenvalue weighted by atomic mass is 28.4. The lowest BCUT2D eigenvalue weighted by molar-refractivity contribution is -0.170. The average Bonchev–Trinajstić information content (AvgIpc) is 3.08. The van der Waals surface area contributed by atoms with Crippen LogP contribution in [0, 0.1) is 40.4 Å². The van der Waals surface area contributed by atoms with E-state index in [4.69, 9.17) is 9.16 Å². The molecule has 4 aliphatic carbocycles. The summed E-state index contributed by atoms with van der Waals surface area (Å²) in [6, 6.07) is 0. The molecule has 8 atom stereocenters. The van der Waals surface area contributed by atoms with Crippen molar-refractivity contribution in [1.29, 1.82) is 0 Å². The number of ether oxygens (including phenoxy) is 1. The van der Waals surface area contributed by atoms with Crippen LogP contribution in [0.25, 0.3) is 0 Å². The molecule has 4 rings (SSSR count). The monoisotopic (exact) mass is 490 g/mol. The smallest absolute Gasteiger partial charge is 0.302 e. The van der Waals surface area contributed by atoms with E-state index < -0.39 is 8.32 Å². The summed E-state index contributed by atoms with van der Waals surface area (Å²) in [4.78, 5) is 24.3. The van der Waals surface area contributed by atoms with E-state index >= 15 is 0 Å². The van der Waals surface area contributed by atoms with E-state index in [-0.39, 0.29) is 33.9 Å². The van der Waals surface area contributed by atoms with E-state index in [1.807, 2.05) is 6.92 Å². The fourth-order valence-electron chi connectivity index (χ4n) is 8.83. The largest absolute Gasteiger partial charge is 0.463 e. The molecule has 0 aromatic rings. The molecule has 194 valence electrons. The Hall–Kier alpha value is -0.683. The van der Waals surface area contributed by atoms with Gasteiger partial charge in [-0.15, -0.1) is 0 Å². The molecule has 0 aliphatic heterocycles. The second-order valence-electron chi connectivity index (χ2n) is 14.2. The van der Waals surface area contributed by atoms with Gasteiger partial charge in [-0.2, -0.15) is 0 Å². The van der Waals surface area contributed by atoms with E-state index in [1.165, 1.54) is 32.1 Å². The SMILES string of the molecule is CC(=O)O[C@H]1CC[C@@]2(CO[Si](C)(C)C(C)(C)C)[C@@H](CC[C@H]3[C@@H]4CC[C@H](C(C)=O)[C@@]4(C)CC[C@@H]32)C1. The first-order chi connectivity index (χ1) is 15.7. The first-order valence-electron chi connectivity index (χ1n) is 14.0. The average molecular weight is 491 g/mol. The van der Waals surface area contributed by atoms with Crippen LogP contribution in [-0.4, -0.2) is 32.8 Å². The Kier molecular flexibility index (Phi) is 6.99. The van der Waals surface area contributed by atoms with Crippen molar-refractivity contribution in [1.82, 2.24) is 0 Å². The van der Waals surface area contributed by atoms with Crippen molar-refractivity contribution in [3.63, 3.8) is 0 Å². The van der Waals surface area contributed by atoms with Crippen molar-refractivity contribution < 1.29 is 18.8 Å². The van der Waals surface area contributed by atoms with Crippen LogP contribution in [0.1, 0.15) is 99.3 Å². The molecule has 4 nitrogen and oxygen atoms in total. The lowest BCUT2D eigenvalue weighted by atomic mass is 9.44. The number of Topliss-reactive ketones (excluding diaryl/α,β-unsaturated/α-hetero) is 1. The highest BCUT2D eigenvalue weighted by Gasteiger charge is 2.62. The van der Waals surface area contributed by atoms with Crippen LogP contribution in [-0.2, 0) is 18.8 Å². The van der Waals surface area contributed by atoms with E-state index in [9.17, 15) is 9.59 Å². The van der Waals surface area contributed by atoms with Crippen molar-refractivity contribution in [2.24, 2.45) is 40.4 Å². The van der Waals surface area contributed by atoms with Gasteiger partial charge in [0.1, 0.15) is 11.9 Å². The molecule has 4 saturated carbocycles. The van der Waals surface area contributed by atoms with E-state index in [0.29, 0.717) is 29.5 Å². The van der Waals surface area contributed by atoms with Gasteiger partial charge in [-0.25, -0.2) is 0 Å². The summed E-state index contributed by atoms with van der Waals surface area (Å²) in [6.45, 7) is 18.5. The van der Waals surface area contributed by atoms with Gasteiger partial charge in [-0.3, -0.25) is 9.59 Å². The lowest BCUT2D eigenvalue weighted by Crippen LogP contribution is -2.58. The third kappa shape index (κ3) is 4.35. The van der Waals surface area contributed by atoms with E-state index in [0.717, 1.165) is 32.3 Å². The lowest BCUT2D eigenvalue weighted by Gasteiger charge is -2.62. The summed E-state index contributed by atoms with van der Waals surface area (Å²) in [6.07, 6.45) is 10.4. The Bertz CT molecular complexity index is 800. The topological polar surface area (TPSA) is 52.6 Å². The molecular weight excluding hydrogens is 440 g/mol. The molecule has 0 aromatic carbocycles. The number of hydrogen-bond acceptors (Lipinski definition) is 4. The molecule has 0 spiro atoms.